The van der Waals surface area contributed by atoms with E-state index in [1.807, 2.05) is 26.0 Å². The van der Waals surface area contributed by atoms with Crippen molar-refractivity contribution in [3.05, 3.63) is 58.7 Å². The Morgan fingerprint density at radius 2 is 2.07 bits per heavy atom. The number of benzene rings is 2. The van der Waals surface area contributed by atoms with Crippen LogP contribution in [0.2, 0.25) is 0 Å². The van der Waals surface area contributed by atoms with Gasteiger partial charge >= 0.3 is 6.18 Å². The molecule has 0 spiro atoms. The molecule has 144 valence electrons. The van der Waals surface area contributed by atoms with Crippen molar-refractivity contribution in [1.82, 2.24) is 5.32 Å². The second-order valence-corrected chi connectivity index (χ2v) is 6.39. The van der Waals surface area contributed by atoms with Gasteiger partial charge in [0.25, 0.3) is 5.91 Å². The summed E-state index contributed by atoms with van der Waals surface area (Å²) in [4.78, 5) is 12.3. The molecule has 0 aromatic heterocycles. The quantitative estimate of drug-likeness (QED) is 0.840. The van der Waals surface area contributed by atoms with Crippen LogP contribution >= 0.6 is 0 Å². The number of carbonyl (C=O) groups excluding carboxylic acids is 1. The lowest BCUT2D eigenvalue weighted by Gasteiger charge is -2.14. The van der Waals surface area contributed by atoms with Crippen molar-refractivity contribution < 1.29 is 27.4 Å². The Bertz CT molecular complexity index is 849. The van der Waals surface area contributed by atoms with Gasteiger partial charge in [0.15, 0.2) is 0 Å². The highest BCUT2D eigenvalue weighted by Crippen LogP contribution is 2.35. The first-order valence-electron chi connectivity index (χ1n) is 8.68. The van der Waals surface area contributed by atoms with Gasteiger partial charge in [-0.05, 0) is 44.2 Å². The number of amides is 1. The lowest BCUT2D eigenvalue weighted by Crippen LogP contribution is -2.23. The van der Waals surface area contributed by atoms with E-state index in [0.717, 1.165) is 29.9 Å². The van der Waals surface area contributed by atoms with Gasteiger partial charge in [0.2, 0.25) is 0 Å². The number of halogens is 3. The minimum Gasteiger partial charge on any atom is -0.494 e. The van der Waals surface area contributed by atoms with E-state index in [-0.39, 0.29) is 18.2 Å². The van der Waals surface area contributed by atoms with Gasteiger partial charge in [0, 0.05) is 29.7 Å². The molecule has 2 aromatic carbocycles. The summed E-state index contributed by atoms with van der Waals surface area (Å²) in [5.74, 6) is 0.797. The number of ether oxygens (including phenoxy) is 2. The molecule has 0 bridgehead atoms. The zero-order valence-corrected chi connectivity index (χ0v) is 15.0. The van der Waals surface area contributed by atoms with Crippen LogP contribution in [-0.4, -0.2) is 18.6 Å². The predicted molar refractivity (Wildman–Crippen MR) is 94.0 cm³/mol. The van der Waals surface area contributed by atoms with E-state index in [2.05, 4.69) is 5.32 Å². The van der Waals surface area contributed by atoms with Gasteiger partial charge in [0.1, 0.15) is 17.6 Å². The molecule has 0 saturated heterocycles. The fourth-order valence-electron chi connectivity index (χ4n) is 3.02. The second-order valence-electron chi connectivity index (χ2n) is 6.39. The Labute approximate surface area is 155 Å². The molecule has 0 aliphatic carbocycles. The highest BCUT2D eigenvalue weighted by Gasteiger charge is 2.31. The van der Waals surface area contributed by atoms with Crippen LogP contribution in [0.3, 0.4) is 0 Å². The van der Waals surface area contributed by atoms with E-state index >= 15 is 0 Å². The molecule has 0 fully saturated rings. The average Bonchev–Trinajstić information content (AvgIpc) is 2.98. The predicted octanol–water partition coefficient (Wildman–Crippen LogP) is 4.36. The lowest BCUT2D eigenvalue weighted by atomic mass is 10.1. The number of fused-ring (bicyclic) bond motifs is 1. The van der Waals surface area contributed by atoms with Crippen LogP contribution in [0.25, 0.3) is 0 Å². The van der Waals surface area contributed by atoms with Crippen molar-refractivity contribution in [2.24, 2.45) is 0 Å². The molecule has 0 saturated carbocycles. The fourth-order valence-corrected chi connectivity index (χ4v) is 3.02. The normalized spacial score (nSPS) is 15.8. The second kappa shape index (κ2) is 7.50. The highest BCUT2D eigenvalue weighted by molar-refractivity contribution is 5.94. The van der Waals surface area contributed by atoms with Gasteiger partial charge in [0.05, 0.1) is 12.2 Å². The standard InChI is InChI=1S/C20H20F3NO3/c1-3-26-17-9-14-7-12(2)27-18(14)10-15(17)11-24-19(25)13-5-4-6-16(8-13)20(21,22)23/h4-6,8-10,12H,3,7,11H2,1-2H3,(H,24,25)/t12-/m0/s1. The maximum absolute atomic E-state index is 12.8. The third-order valence-corrected chi connectivity index (χ3v) is 4.27. The molecule has 1 aliphatic heterocycles. The molecule has 1 amide bonds. The molecule has 3 rings (SSSR count). The van der Waals surface area contributed by atoms with Crippen molar-refractivity contribution in [3.63, 3.8) is 0 Å². The Hall–Kier alpha value is -2.70. The van der Waals surface area contributed by atoms with Gasteiger partial charge in [-0.3, -0.25) is 4.79 Å². The van der Waals surface area contributed by atoms with Crippen LogP contribution in [0.1, 0.15) is 40.9 Å². The summed E-state index contributed by atoms with van der Waals surface area (Å²) < 4.78 is 49.8. The monoisotopic (exact) mass is 379 g/mol. The minimum absolute atomic E-state index is 0.0474. The number of nitrogens with one attached hydrogen (secondary N) is 1. The van der Waals surface area contributed by atoms with E-state index in [1.54, 1.807) is 0 Å². The molecular weight excluding hydrogens is 359 g/mol. The van der Waals surface area contributed by atoms with Crippen molar-refractivity contribution >= 4 is 5.91 Å². The van der Waals surface area contributed by atoms with Crippen LogP contribution in [0, 0.1) is 0 Å². The topological polar surface area (TPSA) is 47.6 Å². The SMILES string of the molecule is CCOc1cc2c(cc1CNC(=O)c1cccc(C(F)(F)F)c1)O[C@@H](C)C2. The summed E-state index contributed by atoms with van der Waals surface area (Å²) in [6, 6.07) is 8.05. The first-order valence-corrected chi connectivity index (χ1v) is 8.68. The molecule has 0 radical (unpaired) electrons. The van der Waals surface area contributed by atoms with Gasteiger partial charge in [-0.15, -0.1) is 0 Å². The number of hydrogen-bond acceptors (Lipinski definition) is 3. The third kappa shape index (κ3) is 4.35. The molecule has 4 nitrogen and oxygen atoms in total. The summed E-state index contributed by atoms with van der Waals surface area (Å²) in [5, 5.41) is 2.65. The van der Waals surface area contributed by atoms with Gasteiger partial charge in [-0.1, -0.05) is 6.07 Å². The fraction of sp³-hybridized carbons (Fsp3) is 0.350. The molecular formula is C20H20F3NO3. The Balaban J connectivity index is 1.77. The van der Waals surface area contributed by atoms with Crippen LogP contribution in [0.4, 0.5) is 13.2 Å². The van der Waals surface area contributed by atoms with Crippen LogP contribution < -0.4 is 14.8 Å². The molecule has 1 atom stereocenters. The van der Waals surface area contributed by atoms with E-state index < -0.39 is 17.6 Å². The molecule has 1 heterocycles. The number of carbonyl (C=O) groups is 1. The van der Waals surface area contributed by atoms with Crippen LogP contribution in [0.5, 0.6) is 11.5 Å². The summed E-state index contributed by atoms with van der Waals surface area (Å²) in [7, 11) is 0. The van der Waals surface area contributed by atoms with Gasteiger partial charge in [-0.2, -0.15) is 13.2 Å². The first-order chi connectivity index (χ1) is 12.8. The van der Waals surface area contributed by atoms with Crippen molar-refractivity contribution in [3.8, 4) is 11.5 Å². The smallest absolute Gasteiger partial charge is 0.416 e. The molecule has 0 unspecified atom stereocenters. The molecule has 27 heavy (non-hydrogen) atoms. The number of hydrogen-bond donors (Lipinski definition) is 1. The minimum atomic E-state index is -4.49. The zero-order valence-electron chi connectivity index (χ0n) is 15.0. The van der Waals surface area contributed by atoms with Crippen molar-refractivity contribution in [2.45, 2.75) is 39.1 Å². The van der Waals surface area contributed by atoms with E-state index in [0.29, 0.717) is 17.9 Å². The average molecular weight is 379 g/mol. The molecule has 7 heteroatoms. The Morgan fingerprint density at radius 1 is 1.30 bits per heavy atom. The van der Waals surface area contributed by atoms with Crippen LogP contribution in [0.15, 0.2) is 36.4 Å². The summed E-state index contributed by atoms with van der Waals surface area (Å²) in [6.07, 6.45) is -3.64. The van der Waals surface area contributed by atoms with E-state index in [1.165, 1.54) is 12.1 Å². The Morgan fingerprint density at radius 3 is 2.78 bits per heavy atom. The lowest BCUT2D eigenvalue weighted by molar-refractivity contribution is -0.137. The maximum Gasteiger partial charge on any atom is 0.416 e. The molecule has 1 N–H and O–H groups in total. The summed E-state index contributed by atoms with van der Waals surface area (Å²) in [5.41, 5.74) is 0.850. The third-order valence-electron chi connectivity index (χ3n) is 4.27. The van der Waals surface area contributed by atoms with E-state index in [4.69, 9.17) is 9.47 Å². The van der Waals surface area contributed by atoms with Gasteiger partial charge < -0.3 is 14.8 Å². The maximum atomic E-state index is 12.8. The van der Waals surface area contributed by atoms with Gasteiger partial charge in [-0.25, -0.2) is 0 Å². The van der Waals surface area contributed by atoms with Crippen molar-refractivity contribution in [2.75, 3.05) is 6.61 Å². The largest absolute Gasteiger partial charge is 0.494 e. The molecule has 2 aromatic rings. The number of alkyl halides is 3. The zero-order chi connectivity index (χ0) is 19.6. The first kappa shape index (κ1) is 19.1. The molecule has 1 aliphatic rings. The van der Waals surface area contributed by atoms with E-state index in [9.17, 15) is 18.0 Å². The Kier molecular flexibility index (Phi) is 5.30. The highest BCUT2D eigenvalue weighted by atomic mass is 19.4. The summed E-state index contributed by atoms with van der Waals surface area (Å²) in [6.45, 7) is 4.41. The number of rotatable bonds is 5. The summed E-state index contributed by atoms with van der Waals surface area (Å²) >= 11 is 0. The van der Waals surface area contributed by atoms with Crippen LogP contribution in [-0.2, 0) is 19.1 Å². The van der Waals surface area contributed by atoms with Crippen molar-refractivity contribution in [1.29, 1.82) is 0 Å².